The highest BCUT2D eigenvalue weighted by Crippen LogP contribution is 2.24. The largest absolute Gasteiger partial charge is 0.466 e. The minimum atomic E-state index is -0.557. The van der Waals surface area contributed by atoms with Crippen molar-refractivity contribution in [3.63, 3.8) is 0 Å². The molecule has 1 fully saturated rings. The molecule has 1 aliphatic heterocycles. The number of likely N-dealkylation sites (N-methyl/N-ethyl adjacent to an activating group) is 1. The summed E-state index contributed by atoms with van der Waals surface area (Å²) in [5, 5.41) is 9.94. The van der Waals surface area contributed by atoms with Gasteiger partial charge in [0.15, 0.2) is 0 Å². The molecule has 1 saturated heterocycles. The van der Waals surface area contributed by atoms with E-state index in [1.165, 1.54) is 0 Å². The molecule has 0 bridgehead atoms. The quantitative estimate of drug-likeness (QED) is 0.733. The second-order valence-electron chi connectivity index (χ2n) is 4.09. The Bertz CT molecular complexity index is 300. The molecule has 1 N–H and O–H groups in total. The van der Waals surface area contributed by atoms with Crippen LogP contribution in [0.4, 0.5) is 0 Å². The SMILES string of the molecule is Cc1ccc(CC2(O)CN(C)C2)o1. The van der Waals surface area contributed by atoms with Gasteiger partial charge in [0.1, 0.15) is 11.5 Å². The predicted molar refractivity (Wildman–Crippen MR) is 49.6 cm³/mol. The highest BCUT2D eigenvalue weighted by atomic mass is 16.3. The van der Waals surface area contributed by atoms with Crippen LogP contribution in [0.3, 0.4) is 0 Å². The third kappa shape index (κ3) is 1.76. The fourth-order valence-electron chi connectivity index (χ4n) is 1.97. The molecular weight excluding hydrogens is 166 g/mol. The molecular formula is C10H15NO2. The summed E-state index contributed by atoms with van der Waals surface area (Å²) in [4.78, 5) is 2.09. The summed E-state index contributed by atoms with van der Waals surface area (Å²) in [6.07, 6.45) is 0.630. The fourth-order valence-corrected chi connectivity index (χ4v) is 1.97. The van der Waals surface area contributed by atoms with Crippen molar-refractivity contribution in [2.24, 2.45) is 0 Å². The zero-order valence-electron chi connectivity index (χ0n) is 8.08. The molecule has 0 amide bonds. The van der Waals surface area contributed by atoms with Crippen LogP contribution in [0.5, 0.6) is 0 Å². The first-order valence-electron chi connectivity index (χ1n) is 4.54. The van der Waals surface area contributed by atoms with Crippen LogP contribution in [0, 0.1) is 6.92 Å². The molecule has 72 valence electrons. The van der Waals surface area contributed by atoms with Crippen molar-refractivity contribution in [3.8, 4) is 0 Å². The number of hydrogen-bond donors (Lipinski definition) is 1. The van der Waals surface area contributed by atoms with Gasteiger partial charge in [-0.3, -0.25) is 0 Å². The van der Waals surface area contributed by atoms with Crippen LogP contribution in [-0.4, -0.2) is 35.7 Å². The third-order valence-corrected chi connectivity index (χ3v) is 2.43. The lowest BCUT2D eigenvalue weighted by Gasteiger charge is -2.44. The lowest BCUT2D eigenvalue weighted by molar-refractivity contribution is -0.0874. The van der Waals surface area contributed by atoms with E-state index in [0.29, 0.717) is 6.42 Å². The van der Waals surface area contributed by atoms with E-state index in [0.717, 1.165) is 24.6 Å². The summed E-state index contributed by atoms with van der Waals surface area (Å²) in [7, 11) is 2.00. The van der Waals surface area contributed by atoms with E-state index < -0.39 is 5.60 Å². The predicted octanol–water partition coefficient (Wildman–Crippen LogP) is 0.807. The Kier molecular flexibility index (Phi) is 1.93. The summed E-state index contributed by atoms with van der Waals surface area (Å²) >= 11 is 0. The molecule has 0 radical (unpaired) electrons. The van der Waals surface area contributed by atoms with Crippen LogP contribution in [0.1, 0.15) is 11.5 Å². The van der Waals surface area contributed by atoms with E-state index in [-0.39, 0.29) is 0 Å². The van der Waals surface area contributed by atoms with Crippen molar-refractivity contribution in [2.75, 3.05) is 20.1 Å². The Balaban J connectivity index is 1.99. The summed E-state index contributed by atoms with van der Waals surface area (Å²) in [6, 6.07) is 3.87. The average molecular weight is 181 g/mol. The fraction of sp³-hybridized carbons (Fsp3) is 0.600. The zero-order chi connectivity index (χ0) is 9.47. The van der Waals surface area contributed by atoms with Crippen molar-refractivity contribution in [3.05, 3.63) is 23.7 Å². The number of β-amino-alcohol motifs (C(OH)–C–C–N with tert-alkyl or cyclic N) is 1. The van der Waals surface area contributed by atoms with Crippen LogP contribution >= 0.6 is 0 Å². The van der Waals surface area contributed by atoms with Crippen LogP contribution in [0.25, 0.3) is 0 Å². The van der Waals surface area contributed by atoms with E-state index in [1.54, 1.807) is 0 Å². The first-order valence-corrected chi connectivity index (χ1v) is 4.54. The van der Waals surface area contributed by atoms with Gasteiger partial charge in [0.2, 0.25) is 0 Å². The molecule has 0 unspecified atom stereocenters. The molecule has 1 aromatic heterocycles. The van der Waals surface area contributed by atoms with Gasteiger partial charge in [0.05, 0.1) is 5.60 Å². The third-order valence-electron chi connectivity index (χ3n) is 2.43. The van der Waals surface area contributed by atoms with E-state index in [1.807, 2.05) is 26.1 Å². The monoisotopic (exact) mass is 181 g/mol. The lowest BCUT2D eigenvalue weighted by Crippen LogP contribution is -2.61. The van der Waals surface area contributed by atoms with Gasteiger partial charge in [0.25, 0.3) is 0 Å². The molecule has 0 spiro atoms. The average Bonchev–Trinajstić information content (AvgIpc) is 2.32. The van der Waals surface area contributed by atoms with Crippen LogP contribution in [0.15, 0.2) is 16.5 Å². The number of aryl methyl sites for hydroxylation is 1. The molecule has 1 aliphatic rings. The molecule has 0 aliphatic carbocycles. The van der Waals surface area contributed by atoms with E-state index in [9.17, 15) is 5.11 Å². The maximum atomic E-state index is 9.94. The summed E-state index contributed by atoms with van der Waals surface area (Å²) < 4.78 is 5.41. The van der Waals surface area contributed by atoms with Gasteiger partial charge in [-0.15, -0.1) is 0 Å². The number of rotatable bonds is 2. The van der Waals surface area contributed by atoms with Crippen molar-refractivity contribution in [1.29, 1.82) is 0 Å². The number of nitrogens with zero attached hydrogens (tertiary/aromatic N) is 1. The summed E-state index contributed by atoms with van der Waals surface area (Å²) in [6.45, 7) is 3.40. The van der Waals surface area contributed by atoms with Crippen molar-refractivity contribution >= 4 is 0 Å². The molecule has 1 aromatic rings. The Morgan fingerprint density at radius 3 is 2.69 bits per heavy atom. The van der Waals surface area contributed by atoms with Crippen molar-refractivity contribution in [2.45, 2.75) is 18.9 Å². The lowest BCUT2D eigenvalue weighted by atomic mass is 9.90. The zero-order valence-corrected chi connectivity index (χ0v) is 8.08. The number of aliphatic hydroxyl groups is 1. The topological polar surface area (TPSA) is 36.6 Å². The number of likely N-dealkylation sites (tertiary alicyclic amines) is 1. The number of furan rings is 1. The first-order chi connectivity index (χ1) is 6.07. The molecule has 2 heterocycles. The molecule has 3 nitrogen and oxygen atoms in total. The molecule has 0 aromatic carbocycles. The Morgan fingerprint density at radius 1 is 1.54 bits per heavy atom. The number of hydrogen-bond acceptors (Lipinski definition) is 3. The highest BCUT2D eigenvalue weighted by molar-refractivity contribution is 5.11. The standard InChI is InChI=1S/C10H15NO2/c1-8-3-4-9(13-8)5-10(12)6-11(2)7-10/h3-4,12H,5-7H2,1-2H3. The second kappa shape index (κ2) is 2.86. The smallest absolute Gasteiger partial charge is 0.107 e. The normalized spacial score (nSPS) is 21.5. The minimum absolute atomic E-state index is 0.557. The Morgan fingerprint density at radius 2 is 2.23 bits per heavy atom. The van der Waals surface area contributed by atoms with Crippen molar-refractivity contribution < 1.29 is 9.52 Å². The molecule has 0 saturated carbocycles. The molecule has 13 heavy (non-hydrogen) atoms. The Hall–Kier alpha value is -0.800. The van der Waals surface area contributed by atoms with Crippen LogP contribution in [0.2, 0.25) is 0 Å². The van der Waals surface area contributed by atoms with Gasteiger partial charge >= 0.3 is 0 Å². The Labute approximate surface area is 78.0 Å². The van der Waals surface area contributed by atoms with Gasteiger partial charge in [-0.1, -0.05) is 0 Å². The maximum absolute atomic E-state index is 9.94. The van der Waals surface area contributed by atoms with Crippen LogP contribution < -0.4 is 0 Å². The van der Waals surface area contributed by atoms with Gasteiger partial charge < -0.3 is 14.4 Å². The maximum Gasteiger partial charge on any atom is 0.107 e. The summed E-state index contributed by atoms with van der Waals surface area (Å²) in [5.74, 6) is 1.79. The molecule has 3 heteroatoms. The summed E-state index contributed by atoms with van der Waals surface area (Å²) in [5.41, 5.74) is -0.557. The van der Waals surface area contributed by atoms with Gasteiger partial charge in [-0.05, 0) is 26.1 Å². The van der Waals surface area contributed by atoms with E-state index in [4.69, 9.17) is 4.42 Å². The van der Waals surface area contributed by atoms with E-state index in [2.05, 4.69) is 4.90 Å². The van der Waals surface area contributed by atoms with Crippen LogP contribution in [-0.2, 0) is 6.42 Å². The van der Waals surface area contributed by atoms with Gasteiger partial charge in [-0.2, -0.15) is 0 Å². The van der Waals surface area contributed by atoms with Crippen molar-refractivity contribution in [1.82, 2.24) is 4.90 Å². The minimum Gasteiger partial charge on any atom is -0.466 e. The first kappa shape index (κ1) is 8.78. The highest BCUT2D eigenvalue weighted by Gasteiger charge is 2.39. The van der Waals surface area contributed by atoms with Gasteiger partial charge in [-0.25, -0.2) is 0 Å². The van der Waals surface area contributed by atoms with Gasteiger partial charge in [0, 0.05) is 19.5 Å². The van der Waals surface area contributed by atoms with E-state index >= 15 is 0 Å². The molecule has 2 rings (SSSR count). The second-order valence-corrected chi connectivity index (χ2v) is 4.09. The molecule has 0 atom stereocenters.